The van der Waals surface area contributed by atoms with E-state index in [1.807, 2.05) is 0 Å². The molecule has 0 heterocycles. The topological polar surface area (TPSA) is 27.7 Å². The lowest BCUT2D eigenvalue weighted by Gasteiger charge is -2.44. The van der Waals surface area contributed by atoms with Gasteiger partial charge in [0.2, 0.25) is 0 Å². The minimum absolute atomic E-state index is 0.0325. The minimum atomic E-state index is -2.17. The van der Waals surface area contributed by atoms with Gasteiger partial charge >= 0.3 is 0 Å². The largest absolute Gasteiger partial charge is 0.543 e. The summed E-state index contributed by atoms with van der Waals surface area (Å²) in [6, 6.07) is 10.2. The highest BCUT2D eigenvalue weighted by atomic mass is 127. The zero-order chi connectivity index (χ0) is 32.6. The molecule has 0 aliphatic heterocycles. The third kappa shape index (κ3) is 8.79. The molecule has 0 aliphatic rings. The van der Waals surface area contributed by atoms with Crippen LogP contribution in [0.1, 0.15) is 122 Å². The van der Waals surface area contributed by atoms with E-state index >= 15 is 0 Å². The fourth-order valence-corrected chi connectivity index (χ4v) is 22.0. The molecule has 0 amide bonds. The van der Waals surface area contributed by atoms with Crippen molar-refractivity contribution in [2.24, 2.45) is 5.92 Å². The first-order valence-corrected chi connectivity index (χ1v) is 25.0. The Morgan fingerprint density at radius 2 is 0.929 bits per heavy atom. The van der Waals surface area contributed by atoms with Gasteiger partial charge < -0.3 is 13.3 Å². The van der Waals surface area contributed by atoms with Gasteiger partial charge in [-0.2, -0.15) is 0 Å². The van der Waals surface area contributed by atoms with Gasteiger partial charge in [-0.3, -0.25) is 0 Å². The van der Waals surface area contributed by atoms with Crippen molar-refractivity contribution in [3.05, 3.63) is 33.9 Å². The summed E-state index contributed by atoms with van der Waals surface area (Å²) in [4.78, 5) is 0. The molecular formula is C35H67IO3Si3. The van der Waals surface area contributed by atoms with Gasteiger partial charge in [0.1, 0.15) is 11.5 Å². The highest BCUT2D eigenvalue weighted by Gasteiger charge is 2.49. The Balaban J connectivity index is 4.08. The van der Waals surface area contributed by atoms with E-state index in [-0.39, 0.29) is 12.0 Å². The minimum Gasteiger partial charge on any atom is -0.543 e. The Bertz CT molecular complexity index is 866. The molecule has 7 heteroatoms. The molecule has 244 valence electrons. The second-order valence-electron chi connectivity index (χ2n) is 14.5. The van der Waals surface area contributed by atoms with Crippen molar-refractivity contribution in [3.63, 3.8) is 0 Å². The van der Waals surface area contributed by atoms with Gasteiger partial charge in [-0.25, -0.2) is 0 Å². The van der Waals surface area contributed by atoms with Gasteiger partial charge in [0.25, 0.3) is 16.6 Å². The monoisotopic (exact) mass is 746 g/mol. The van der Waals surface area contributed by atoms with Crippen LogP contribution in [0.4, 0.5) is 0 Å². The average Bonchev–Trinajstić information content (AvgIpc) is 2.90. The summed E-state index contributed by atoms with van der Waals surface area (Å²) in [6.07, 6.45) is 2.26. The number of halogens is 1. The van der Waals surface area contributed by atoms with E-state index in [4.69, 9.17) is 13.3 Å². The van der Waals surface area contributed by atoms with E-state index in [0.29, 0.717) is 33.2 Å². The van der Waals surface area contributed by atoms with Gasteiger partial charge in [0, 0.05) is 12.0 Å². The van der Waals surface area contributed by atoms with E-state index < -0.39 is 25.0 Å². The number of benzene rings is 1. The first-order chi connectivity index (χ1) is 19.4. The SMILES string of the molecule is CC[Si](CC)(CC)O[C@H](c1cc(O[Si](C(C)C)(C(C)C)C(C)C)cc(O[Si](C(C)C)(C(C)C)C(C)C)c1)[C@@H](C)/C=C/I. The van der Waals surface area contributed by atoms with Crippen LogP contribution in [0.5, 0.6) is 11.5 Å². The number of hydrogen-bond acceptors (Lipinski definition) is 3. The smallest absolute Gasteiger partial charge is 0.258 e. The van der Waals surface area contributed by atoms with E-state index in [0.717, 1.165) is 29.6 Å². The first-order valence-electron chi connectivity index (χ1n) is 16.9. The maximum absolute atomic E-state index is 7.37. The van der Waals surface area contributed by atoms with Crippen LogP contribution in [0.3, 0.4) is 0 Å². The predicted molar refractivity (Wildman–Crippen MR) is 203 cm³/mol. The second kappa shape index (κ2) is 17.0. The molecule has 0 fully saturated rings. The summed E-state index contributed by atoms with van der Waals surface area (Å²) in [6.45, 7) is 37.7. The van der Waals surface area contributed by atoms with Crippen molar-refractivity contribution < 1.29 is 13.3 Å². The van der Waals surface area contributed by atoms with E-state index in [1.165, 1.54) is 5.56 Å². The Morgan fingerprint density at radius 1 is 0.595 bits per heavy atom. The molecule has 0 unspecified atom stereocenters. The van der Waals surface area contributed by atoms with E-state index in [9.17, 15) is 0 Å². The summed E-state index contributed by atoms with van der Waals surface area (Å²) < 4.78 is 24.2. The van der Waals surface area contributed by atoms with E-state index in [2.05, 4.69) is 162 Å². The van der Waals surface area contributed by atoms with Gasteiger partial charge in [-0.1, -0.05) is 139 Å². The second-order valence-corrected chi connectivity index (χ2v) is 30.7. The fourth-order valence-electron chi connectivity index (χ4n) is 7.96. The highest BCUT2D eigenvalue weighted by Crippen LogP contribution is 2.47. The molecule has 0 N–H and O–H groups in total. The molecule has 0 saturated carbocycles. The van der Waals surface area contributed by atoms with Crippen molar-refractivity contribution >= 4 is 47.5 Å². The normalized spacial score (nSPS) is 15.2. The molecular weight excluding hydrogens is 680 g/mol. The van der Waals surface area contributed by atoms with Crippen LogP contribution in [-0.4, -0.2) is 25.0 Å². The Kier molecular flexibility index (Phi) is 16.2. The van der Waals surface area contributed by atoms with Gasteiger partial charge in [-0.15, -0.1) is 0 Å². The van der Waals surface area contributed by atoms with Crippen molar-refractivity contribution in [2.45, 2.75) is 168 Å². The van der Waals surface area contributed by atoms with Crippen LogP contribution in [-0.2, 0) is 4.43 Å². The summed E-state index contributed by atoms with van der Waals surface area (Å²) in [5.41, 5.74) is 4.17. The summed E-state index contributed by atoms with van der Waals surface area (Å²) in [5, 5.41) is 0. The molecule has 1 rings (SSSR count). The maximum atomic E-state index is 7.37. The zero-order valence-corrected chi connectivity index (χ0v) is 35.4. The molecule has 1 aromatic rings. The Labute approximate surface area is 278 Å². The molecule has 2 atom stereocenters. The predicted octanol–water partition coefficient (Wildman–Crippen LogP) is 13.4. The van der Waals surface area contributed by atoms with Crippen LogP contribution >= 0.6 is 22.6 Å². The lowest BCUT2D eigenvalue weighted by Crippen LogP contribution is -2.51. The summed E-state index contributed by atoms with van der Waals surface area (Å²) >= 11 is 2.35. The fraction of sp³-hybridized carbons (Fsp3) is 0.771. The van der Waals surface area contributed by atoms with Crippen molar-refractivity contribution in [2.75, 3.05) is 0 Å². The van der Waals surface area contributed by atoms with Crippen LogP contribution in [0, 0.1) is 5.92 Å². The molecule has 0 bridgehead atoms. The lowest BCUT2D eigenvalue weighted by atomic mass is 9.97. The summed E-state index contributed by atoms with van der Waals surface area (Å²) in [7, 11) is -6.24. The Hall–Kier alpha value is -0.0994. The van der Waals surface area contributed by atoms with Crippen molar-refractivity contribution in [1.82, 2.24) is 0 Å². The molecule has 0 radical (unpaired) electrons. The molecule has 3 nitrogen and oxygen atoms in total. The maximum Gasteiger partial charge on any atom is 0.258 e. The van der Waals surface area contributed by atoms with E-state index in [1.54, 1.807) is 0 Å². The average molecular weight is 747 g/mol. The van der Waals surface area contributed by atoms with Crippen LogP contribution in [0.15, 0.2) is 28.4 Å². The van der Waals surface area contributed by atoms with Crippen molar-refractivity contribution in [3.8, 4) is 11.5 Å². The van der Waals surface area contributed by atoms with Gasteiger partial charge in [-0.05, 0) is 73.2 Å². The third-order valence-electron chi connectivity index (χ3n) is 10.4. The van der Waals surface area contributed by atoms with Gasteiger partial charge in [0.05, 0.1) is 6.10 Å². The van der Waals surface area contributed by atoms with Crippen LogP contribution in [0.25, 0.3) is 0 Å². The van der Waals surface area contributed by atoms with Crippen LogP contribution < -0.4 is 8.85 Å². The Morgan fingerprint density at radius 3 is 1.19 bits per heavy atom. The molecule has 0 spiro atoms. The lowest BCUT2D eigenvalue weighted by molar-refractivity contribution is 0.152. The molecule has 1 aromatic carbocycles. The zero-order valence-electron chi connectivity index (χ0n) is 30.2. The molecule has 0 saturated heterocycles. The molecule has 42 heavy (non-hydrogen) atoms. The highest BCUT2D eigenvalue weighted by molar-refractivity contribution is 14.1. The molecule has 0 aromatic heterocycles. The number of hydrogen-bond donors (Lipinski definition) is 0. The summed E-state index contributed by atoms with van der Waals surface area (Å²) in [5.74, 6) is 2.19. The van der Waals surface area contributed by atoms with Crippen molar-refractivity contribution in [1.29, 1.82) is 0 Å². The standard InChI is InChI=1S/C35H67IO3Si3/c1-17-40(18-2,19-3)39-35(31(16)20-21-36)32-22-33(37-41(25(4)5,26(6)7)27(8)9)24-34(23-32)38-42(28(10)11,29(12)13)30(14)15/h20-31,35H,17-19H2,1-16H3/b21-20+/t31-,35-/m0/s1. The first kappa shape index (κ1) is 39.9. The quantitative estimate of drug-likeness (QED) is 0.111. The number of rotatable bonds is 18. The van der Waals surface area contributed by atoms with Gasteiger partial charge in [0.15, 0.2) is 8.32 Å². The third-order valence-corrected chi connectivity index (χ3v) is 27.4. The van der Waals surface area contributed by atoms with Crippen LogP contribution in [0.2, 0.25) is 51.4 Å². The molecule has 0 aliphatic carbocycles.